The van der Waals surface area contributed by atoms with Crippen molar-refractivity contribution in [2.24, 2.45) is 5.92 Å². The summed E-state index contributed by atoms with van der Waals surface area (Å²) in [6.45, 7) is 3.05. The highest BCUT2D eigenvalue weighted by Gasteiger charge is 2.52. The van der Waals surface area contributed by atoms with E-state index in [1.807, 2.05) is 0 Å². The van der Waals surface area contributed by atoms with Gasteiger partial charge in [0.15, 0.2) is 5.78 Å². The molecule has 2 atom stereocenters. The van der Waals surface area contributed by atoms with Crippen molar-refractivity contribution in [1.82, 2.24) is 10.2 Å². The second-order valence-electron chi connectivity index (χ2n) is 7.93. The lowest BCUT2D eigenvalue weighted by molar-refractivity contribution is -0.134. The Morgan fingerprint density at radius 1 is 1.32 bits per heavy atom. The van der Waals surface area contributed by atoms with Gasteiger partial charge in [0.1, 0.15) is 24.0 Å². The van der Waals surface area contributed by atoms with Crippen LogP contribution in [0.5, 0.6) is 5.75 Å². The predicted octanol–water partition coefficient (Wildman–Crippen LogP) is 2.52. The number of benzene rings is 1. The Kier molecular flexibility index (Phi) is 6.03. The molecule has 0 radical (unpaired) electrons. The van der Waals surface area contributed by atoms with Gasteiger partial charge in [-0.05, 0) is 44.7 Å². The molecule has 3 rings (SSSR count). The number of carbonyl (C=O) groups excluding carboxylic acids is 3. The molecular formula is C21H28N2O5. The van der Waals surface area contributed by atoms with Crippen molar-refractivity contribution in [3.05, 3.63) is 29.8 Å². The minimum absolute atomic E-state index is 0.0765. The summed E-state index contributed by atoms with van der Waals surface area (Å²) in [4.78, 5) is 37.8. The Hall–Kier alpha value is -2.41. The van der Waals surface area contributed by atoms with Crippen LogP contribution in [0.25, 0.3) is 0 Å². The Balaban J connectivity index is 1.58. The number of rotatable bonds is 7. The minimum atomic E-state index is -1.02. The Bertz CT molecular complexity index is 759. The third-order valence-electron chi connectivity index (χ3n) is 5.80. The molecule has 0 spiro atoms. The molecule has 0 bridgehead atoms. The first-order valence-electron chi connectivity index (χ1n) is 9.87. The minimum Gasteiger partial charge on any atom is -0.491 e. The van der Waals surface area contributed by atoms with Crippen molar-refractivity contribution in [2.75, 3.05) is 13.2 Å². The zero-order chi connectivity index (χ0) is 20.3. The topological polar surface area (TPSA) is 95.9 Å². The number of amides is 3. The van der Waals surface area contributed by atoms with Crippen molar-refractivity contribution in [2.45, 2.75) is 57.6 Å². The number of hydrogen-bond donors (Lipinski definition) is 2. The van der Waals surface area contributed by atoms with E-state index in [0.717, 1.165) is 30.6 Å². The highest BCUT2D eigenvalue weighted by Crippen LogP contribution is 2.36. The molecule has 0 aromatic heterocycles. The number of hydrogen-bond acceptors (Lipinski definition) is 5. The van der Waals surface area contributed by atoms with E-state index in [0.29, 0.717) is 11.3 Å². The van der Waals surface area contributed by atoms with Gasteiger partial charge in [-0.15, -0.1) is 0 Å². The summed E-state index contributed by atoms with van der Waals surface area (Å²) < 4.78 is 5.54. The van der Waals surface area contributed by atoms with Crippen LogP contribution in [0, 0.1) is 5.92 Å². The SMILES string of the molecule is CC(=O)c1cccc(OC[C@H](O)CN2C(=O)N[C@@](C)(C3CCCCC3)C2=O)c1. The van der Waals surface area contributed by atoms with Crippen LogP contribution in [0.4, 0.5) is 4.79 Å². The molecule has 28 heavy (non-hydrogen) atoms. The largest absolute Gasteiger partial charge is 0.491 e. The molecule has 1 saturated heterocycles. The summed E-state index contributed by atoms with van der Waals surface area (Å²) in [5.41, 5.74) is -0.377. The number of β-amino-alcohol motifs (C(OH)–C–C–N with tert-alkyl or cyclic N) is 1. The van der Waals surface area contributed by atoms with Crippen LogP contribution >= 0.6 is 0 Å². The predicted molar refractivity (Wildman–Crippen MR) is 103 cm³/mol. The lowest BCUT2D eigenvalue weighted by atomic mass is 9.75. The molecule has 1 saturated carbocycles. The van der Waals surface area contributed by atoms with Gasteiger partial charge in [0, 0.05) is 5.56 Å². The van der Waals surface area contributed by atoms with Crippen LogP contribution in [0.2, 0.25) is 0 Å². The summed E-state index contributed by atoms with van der Waals surface area (Å²) in [6, 6.07) is 6.21. The van der Waals surface area contributed by atoms with Crippen LogP contribution in [0.15, 0.2) is 24.3 Å². The molecule has 152 valence electrons. The first-order valence-corrected chi connectivity index (χ1v) is 9.87. The Morgan fingerprint density at radius 3 is 2.71 bits per heavy atom. The van der Waals surface area contributed by atoms with E-state index in [1.165, 1.54) is 13.3 Å². The van der Waals surface area contributed by atoms with Gasteiger partial charge in [0.05, 0.1) is 6.54 Å². The maximum atomic E-state index is 12.9. The van der Waals surface area contributed by atoms with Gasteiger partial charge in [-0.3, -0.25) is 14.5 Å². The number of ketones is 1. The molecule has 1 heterocycles. The van der Waals surface area contributed by atoms with E-state index >= 15 is 0 Å². The number of ether oxygens (including phenoxy) is 1. The Morgan fingerprint density at radius 2 is 2.04 bits per heavy atom. The van der Waals surface area contributed by atoms with Crippen molar-refractivity contribution >= 4 is 17.7 Å². The van der Waals surface area contributed by atoms with Crippen LogP contribution < -0.4 is 10.1 Å². The third kappa shape index (κ3) is 4.19. The van der Waals surface area contributed by atoms with Crippen LogP contribution in [0.3, 0.4) is 0 Å². The van der Waals surface area contributed by atoms with Crippen LogP contribution in [-0.2, 0) is 4.79 Å². The van der Waals surface area contributed by atoms with Gasteiger partial charge in [0.2, 0.25) is 0 Å². The zero-order valence-electron chi connectivity index (χ0n) is 16.4. The van der Waals surface area contributed by atoms with Crippen molar-refractivity contribution in [3.63, 3.8) is 0 Å². The number of nitrogens with one attached hydrogen (secondary N) is 1. The summed E-state index contributed by atoms with van der Waals surface area (Å²) in [7, 11) is 0. The van der Waals surface area contributed by atoms with Crippen molar-refractivity contribution in [1.29, 1.82) is 0 Å². The molecule has 1 aliphatic heterocycles. The van der Waals surface area contributed by atoms with E-state index in [2.05, 4.69) is 5.32 Å². The summed E-state index contributed by atoms with van der Waals surface area (Å²) in [6.07, 6.45) is 4.13. The molecule has 2 aliphatic rings. The van der Waals surface area contributed by atoms with E-state index in [1.54, 1.807) is 31.2 Å². The first kappa shape index (κ1) is 20.3. The second kappa shape index (κ2) is 8.31. The molecule has 2 fully saturated rings. The third-order valence-corrected chi connectivity index (χ3v) is 5.80. The van der Waals surface area contributed by atoms with Crippen molar-refractivity contribution in [3.8, 4) is 5.75 Å². The summed E-state index contributed by atoms with van der Waals surface area (Å²) >= 11 is 0. The standard InChI is InChI=1S/C21H28N2O5/c1-14(24)15-7-6-10-18(11-15)28-13-17(25)12-23-19(26)21(2,22-20(23)27)16-8-4-3-5-9-16/h6-7,10-11,16-17,25H,3-5,8-9,12-13H2,1-2H3,(H,22,27)/t17-,21+/m1/s1. The van der Waals surface area contributed by atoms with E-state index < -0.39 is 17.7 Å². The number of Topliss-reactive ketones (excluding diaryl/α,β-unsaturated/α-hetero) is 1. The van der Waals surface area contributed by atoms with E-state index in [-0.39, 0.29) is 30.8 Å². The molecule has 0 unspecified atom stereocenters. The highest BCUT2D eigenvalue weighted by atomic mass is 16.5. The maximum absolute atomic E-state index is 12.9. The average Bonchev–Trinajstić information content (AvgIpc) is 2.91. The van der Waals surface area contributed by atoms with E-state index in [9.17, 15) is 19.5 Å². The Labute approximate surface area is 165 Å². The van der Waals surface area contributed by atoms with Gasteiger partial charge in [-0.1, -0.05) is 31.4 Å². The molecule has 2 N–H and O–H groups in total. The quantitative estimate of drug-likeness (QED) is 0.553. The van der Waals surface area contributed by atoms with Crippen LogP contribution in [0.1, 0.15) is 56.3 Å². The summed E-state index contributed by atoms with van der Waals surface area (Å²) in [5, 5.41) is 13.1. The number of aliphatic hydroxyl groups excluding tert-OH is 1. The van der Waals surface area contributed by atoms with Gasteiger partial charge in [-0.2, -0.15) is 0 Å². The number of aliphatic hydroxyl groups is 1. The number of urea groups is 1. The maximum Gasteiger partial charge on any atom is 0.325 e. The second-order valence-corrected chi connectivity index (χ2v) is 7.93. The van der Waals surface area contributed by atoms with Gasteiger partial charge >= 0.3 is 6.03 Å². The molecule has 1 aliphatic carbocycles. The first-order chi connectivity index (χ1) is 13.3. The molecule has 1 aromatic rings. The monoisotopic (exact) mass is 388 g/mol. The lowest BCUT2D eigenvalue weighted by Crippen LogP contribution is -2.51. The lowest BCUT2D eigenvalue weighted by Gasteiger charge is -2.34. The fourth-order valence-electron chi connectivity index (χ4n) is 4.10. The van der Waals surface area contributed by atoms with Crippen molar-refractivity contribution < 1.29 is 24.2 Å². The van der Waals surface area contributed by atoms with Gasteiger partial charge in [-0.25, -0.2) is 4.79 Å². The smallest absolute Gasteiger partial charge is 0.325 e. The number of nitrogens with zero attached hydrogens (tertiary/aromatic N) is 1. The number of imide groups is 1. The molecule has 3 amide bonds. The number of carbonyl (C=O) groups is 3. The van der Waals surface area contributed by atoms with E-state index in [4.69, 9.17) is 4.74 Å². The van der Waals surface area contributed by atoms with Crippen LogP contribution in [-0.4, -0.2) is 52.5 Å². The molecule has 1 aromatic carbocycles. The average molecular weight is 388 g/mol. The molecule has 7 nitrogen and oxygen atoms in total. The zero-order valence-corrected chi connectivity index (χ0v) is 16.4. The molecule has 7 heteroatoms. The highest BCUT2D eigenvalue weighted by molar-refractivity contribution is 6.07. The van der Waals surface area contributed by atoms with Gasteiger partial charge < -0.3 is 15.2 Å². The fourth-order valence-corrected chi connectivity index (χ4v) is 4.10. The van der Waals surface area contributed by atoms with Gasteiger partial charge in [0.25, 0.3) is 5.91 Å². The molecular weight excluding hydrogens is 360 g/mol. The summed E-state index contributed by atoms with van der Waals surface area (Å²) in [5.74, 6) is 0.232. The fraction of sp³-hybridized carbons (Fsp3) is 0.571. The normalized spacial score (nSPS) is 24.2.